The zero-order chi connectivity index (χ0) is 16.9. The number of aromatic nitrogens is 2. The zero-order valence-corrected chi connectivity index (χ0v) is 14.1. The number of amides is 1. The van der Waals surface area contributed by atoms with Crippen molar-refractivity contribution in [1.82, 2.24) is 19.9 Å². The smallest absolute Gasteiger partial charge is 0.257 e. The van der Waals surface area contributed by atoms with Gasteiger partial charge in [-0.25, -0.2) is 0 Å². The van der Waals surface area contributed by atoms with Crippen LogP contribution in [-0.2, 0) is 16.1 Å². The molecule has 7 heteroatoms. The highest BCUT2D eigenvalue weighted by molar-refractivity contribution is 5.77. The topological polar surface area (TPSA) is 71.7 Å². The molecule has 1 aliphatic heterocycles. The van der Waals surface area contributed by atoms with Gasteiger partial charge in [0, 0.05) is 38.9 Å². The molecule has 3 rings (SSSR count). The molecule has 0 radical (unpaired) electrons. The largest absolute Gasteiger partial charge is 0.375 e. The van der Waals surface area contributed by atoms with Gasteiger partial charge in [-0.2, -0.15) is 4.98 Å². The van der Waals surface area contributed by atoms with Crippen LogP contribution in [0.2, 0.25) is 0 Å². The summed E-state index contributed by atoms with van der Waals surface area (Å²) in [6, 6.07) is 8.00. The predicted molar refractivity (Wildman–Crippen MR) is 88.2 cm³/mol. The molecule has 2 aromatic rings. The molecule has 0 atom stereocenters. The molecule has 0 unspecified atom stereocenters. The van der Waals surface area contributed by atoms with Gasteiger partial charge in [-0.15, -0.1) is 0 Å². The number of carbonyl (C=O) groups excluding carboxylic acids is 1. The van der Waals surface area contributed by atoms with Gasteiger partial charge < -0.3 is 14.2 Å². The Balaban J connectivity index is 1.56. The number of piperazine rings is 1. The third-order valence-corrected chi connectivity index (χ3v) is 4.09. The first-order chi connectivity index (χ1) is 11.7. The van der Waals surface area contributed by atoms with Crippen LogP contribution >= 0.6 is 0 Å². The van der Waals surface area contributed by atoms with Gasteiger partial charge in [-0.3, -0.25) is 9.69 Å². The van der Waals surface area contributed by atoms with E-state index in [1.54, 1.807) is 0 Å². The summed E-state index contributed by atoms with van der Waals surface area (Å²) in [5.74, 6) is 1.25. The van der Waals surface area contributed by atoms with E-state index >= 15 is 0 Å². The Morgan fingerprint density at radius 1 is 1.29 bits per heavy atom. The maximum Gasteiger partial charge on any atom is 0.257 e. The van der Waals surface area contributed by atoms with E-state index in [0.29, 0.717) is 31.3 Å². The van der Waals surface area contributed by atoms with Gasteiger partial charge in [-0.05, 0) is 19.1 Å². The molecule has 0 N–H and O–H groups in total. The third-order valence-electron chi connectivity index (χ3n) is 4.09. The number of carbonyl (C=O) groups is 1. The Morgan fingerprint density at radius 2 is 2.08 bits per heavy atom. The number of rotatable bonds is 5. The Labute approximate surface area is 141 Å². The quantitative estimate of drug-likeness (QED) is 0.824. The molecule has 1 fully saturated rings. The molecule has 0 aliphatic carbocycles. The molecule has 0 bridgehead atoms. The van der Waals surface area contributed by atoms with E-state index in [0.717, 1.165) is 24.2 Å². The number of aryl methyl sites for hydroxylation is 1. The molecule has 1 saturated heterocycles. The van der Waals surface area contributed by atoms with Gasteiger partial charge in [0.15, 0.2) is 5.82 Å². The first kappa shape index (κ1) is 16.6. The van der Waals surface area contributed by atoms with Crippen molar-refractivity contribution in [3.05, 3.63) is 35.7 Å². The van der Waals surface area contributed by atoms with Crippen molar-refractivity contribution in [2.75, 3.05) is 39.9 Å². The lowest BCUT2D eigenvalue weighted by Crippen LogP contribution is -2.49. The lowest BCUT2D eigenvalue weighted by Gasteiger charge is -2.33. The molecule has 1 amide bonds. The normalized spacial score (nSPS) is 15.7. The van der Waals surface area contributed by atoms with Crippen molar-refractivity contribution in [3.8, 4) is 11.5 Å². The van der Waals surface area contributed by atoms with Crippen LogP contribution in [0.15, 0.2) is 28.8 Å². The van der Waals surface area contributed by atoms with Gasteiger partial charge in [0.1, 0.15) is 6.61 Å². The maximum absolute atomic E-state index is 11.8. The van der Waals surface area contributed by atoms with E-state index in [1.165, 1.54) is 7.11 Å². The summed E-state index contributed by atoms with van der Waals surface area (Å²) in [7, 11) is 1.54. The van der Waals surface area contributed by atoms with Crippen LogP contribution in [0.25, 0.3) is 11.5 Å². The lowest BCUT2D eigenvalue weighted by atomic mass is 10.1. The summed E-state index contributed by atoms with van der Waals surface area (Å²) < 4.78 is 10.3. The minimum Gasteiger partial charge on any atom is -0.375 e. The highest BCUT2D eigenvalue weighted by atomic mass is 16.5. The third kappa shape index (κ3) is 3.98. The van der Waals surface area contributed by atoms with Crippen LogP contribution in [0.5, 0.6) is 0 Å². The minimum absolute atomic E-state index is 0.0402. The molecule has 0 spiro atoms. The average Bonchev–Trinajstić information content (AvgIpc) is 3.04. The van der Waals surface area contributed by atoms with Crippen molar-refractivity contribution in [1.29, 1.82) is 0 Å². The minimum atomic E-state index is 0.0402. The molecule has 0 saturated carbocycles. The number of hydrogen-bond acceptors (Lipinski definition) is 6. The first-order valence-electron chi connectivity index (χ1n) is 8.04. The summed E-state index contributed by atoms with van der Waals surface area (Å²) in [5, 5.41) is 4.07. The van der Waals surface area contributed by atoms with Crippen molar-refractivity contribution < 1.29 is 14.1 Å². The van der Waals surface area contributed by atoms with E-state index in [-0.39, 0.29) is 12.5 Å². The van der Waals surface area contributed by atoms with E-state index in [4.69, 9.17) is 9.26 Å². The van der Waals surface area contributed by atoms with E-state index in [2.05, 4.69) is 15.0 Å². The maximum atomic E-state index is 11.8. The van der Waals surface area contributed by atoms with Crippen LogP contribution in [0.4, 0.5) is 0 Å². The molecule has 2 heterocycles. The van der Waals surface area contributed by atoms with Crippen LogP contribution < -0.4 is 0 Å². The second-order valence-electron chi connectivity index (χ2n) is 5.98. The van der Waals surface area contributed by atoms with Gasteiger partial charge >= 0.3 is 0 Å². The first-order valence-corrected chi connectivity index (χ1v) is 8.04. The average molecular weight is 330 g/mol. The fourth-order valence-corrected chi connectivity index (χ4v) is 2.78. The van der Waals surface area contributed by atoms with Gasteiger partial charge in [-0.1, -0.05) is 22.9 Å². The molecule has 1 aromatic carbocycles. The molecule has 7 nitrogen and oxygen atoms in total. The van der Waals surface area contributed by atoms with Crippen molar-refractivity contribution in [2.24, 2.45) is 0 Å². The van der Waals surface area contributed by atoms with Crippen molar-refractivity contribution >= 4 is 5.91 Å². The van der Waals surface area contributed by atoms with E-state index in [9.17, 15) is 4.79 Å². The molecular weight excluding hydrogens is 308 g/mol. The molecule has 1 aliphatic rings. The van der Waals surface area contributed by atoms with Crippen LogP contribution in [0.3, 0.4) is 0 Å². The zero-order valence-electron chi connectivity index (χ0n) is 14.1. The van der Waals surface area contributed by atoms with Gasteiger partial charge in [0.2, 0.25) is 5.91 Å². The Bertz CT molecular complexity index is 693. The molecule has 1 aromatic heterocycles. The van der Waals surface area contributed by atoms with Gasteiger partial charge in [0.25, 0.3) is 5.89 Å². The fraction of sp³-hybridized carbons (Fsp3) is 0.471. The Morgan fingerprint density at radius 3 is 2.79 bits per heavy atom. The molecule has 24 heavy (non-hydrogen) atoms. The Hall–Kier alpha value is -2.25. The summed E-state index contributed by atoms with van der Waals surface area (Å²) in [4.78, 5) is 20.3. The number of ether oxygens (including phenoxy) is 1. The highest BCUT2D eigenvalue weighted by Gasteiger charge is 2.22. The number of hydrogen-bond donors (Lipinski definition) is 0. The lowest BCUT2D eigenvalue weighted by molar-refractivity contribution is -0.136. The van der Waals surface area contributed by atoms with Crippen LogP contribution in [0.1, 0.15) is 11.4 Å². The number of benzene rings is 1. The summed E-state index contributed by atoms with van der Waals surface area (Å²) in [5.41, 5.74) is 2.09. The highest BCUT2D eigenvalue weighted by Crippen LogP contribution is 2.18. The predicted octanol–water partition coefficient (Wildman–Crippen LogP) is 1.34. The monoisotopic (exact) mass is 330 g/mol. The van der Waals surface area contributed by atoms with Crippen LogP contribution in [0, 0.1) is 6.92 Å². The number of nitrogens with zero attached hydrogens (tertiary/aromatic N) is 4. The van der Waals surface area contributed by atoms with E-state index < -0.39 is 0 Å². The summed E-state index contributed by atoms with van der Waals surface area (Å²) in [6.45, 7) is 5.79. The standard InChI is InChI=1S/C17H22N4O3/c1-13-4-3-5-14(10-13)17-18-15(19-24-17)11-20-6-8-21(9-7-20)16(22)12-23-2/h3-5,10H,6-9,11-12H2,1-2H3. The van der Waals surface area contributed by atoms with Crippen molar-refractivity contribution in [3.63, 3.8) is 0 Å². The fourth-order valence-electron chi connectivity index (χ4n) is 2.78. The number of methoxy groups -OCH3 is 1. The second-order valence-corrected chi connectivity index (χ2v) is 5.98. The van der Waals surface area contributed by atoms with Gasteiger partial charge in [0.05, 0.1) is 6.54 Å². The SMILES string of the molecule is COCC(=O)N1CCN(Cc2noc(-c3cccc(C)c3)n2)CC1. The summed E-state index contributed by atoms with van der Waals surface area (Å²) >= 11 is 0. The molecule has 128 valence electrons. The Kier molecular flexibility index (Phi) is 5.22. The summed E-state index contributed by atoms with van der Waals surface area (Å²) in [6.07, 6.45) is 0. The molecular formula is C17H22N4O3. The van der Waals surface area contributed by atoms with E-state index in [1.807, 2.05) is 36.1 Å². The van der Waals surface area contributed by atoms with Crippen molar-refractivity contribution in [2.45, 2.75) is 13.5 Å². The second kappa shape index (κ2) is 7.55. The van der Waals surface area contributed by atoms with Crippen LogP contribution in [-0.4, -0.2) is 65.7 Å².